The lowest BCUT2D eigenvalue weighted by molar-refractivity contribution is -0.147. The third-order valence-corrected chi connectivity index (χ3v) is 6.44. The first-order valence-corrected chi connectivity index (χ1v) is 12.6. The molecule has 4 rings (SSSR count). The number of aliphatic carboxylic acids is 1. The van der Waals surface area contributed by atoms with E-state index in [2.05, 4.69) is 10.6 Å². The van der Waals surface area contributed by atoms with E-state index >= 15 is 0 Å². The molecule has 39 heavy (non-hydrogen) atoms. The van der Waals surface area contributed by atoms with Crippen molar-refractivity contribution in [3.05, 3.63) is 95.6 Å². The second kappa shape index (κ2) is 12.7. The predicted molar refractivity (Wildman–Crippen MR) is 143 cm³/mol. The average Bonchev–Trinajstić information content (AvgIpc) is 3.24. The van der Waals surface area contributed by atoms with E-state index in [1.165, 1.54) is 6.92 Å². The molecular formula is C30H30N2O7. The number of esters is 1. The Morgan fingerprint density at radius 2 is 1.38 bits per heavy atom. The van der Waals surface area contributed by atoms with Gasteiger partial charge in [0, 0.05) is 12.0 Å². The molecule has 0 heterocycles. The van der Waals surface area contributed by atoms with Crippen molar-refractivity contribution in [3.8, 4) is 11.1 Å². The van der Waals surface area contributed by atoms with Gasteiger partial charge in [0.15, 0.2) is 0 Å². The zero-order chi connectivity index (χ0) is 27.8. The van der Waals surface area contributed by atoms with Crippen LogP contribution in [-0.2, 0) is 30.5 Å². The summed E-state index contributed by atoms with van der Waals surface area (Å²) in [5.41, 5.74) is 4.99. The fourth-order valence-corrected chi connectivity index (χ4v) is 4.61. The van der Waals surface area contributed by atoms with Crippen LogP contribution in [0.5, 0.6) is 0 Å². The number of fused-ring (bicyclic) bond motifs is 3. The van der Waals surface area contributed by atoms with Crippen LogP contribution in [0.25, 0.3) is 11.1 Å². The summed E-state index contributed by atoms with van der Waals surface area (Å²) in [6.45, 7) is 1.56. The highest BCUT2D eigenvalue weighted by molar-refractivity contribution is 5.90. The molecule has 3 N–H and O–H groups in total. The number of carboxylic acid groups (broad SMARTS) is 1. The minimum absolute atomic E-state index is 0.00831. The highest BCUT2D eigenvalue weighted by atomic mass is 16.5. The van der Waals surface area contributed by atoms with E-state index in [9.17, 15) is 19.2 Å². The Labute approximate surface area is 226 Å². The Hall–Kier alpha value is -4.66. The second-order valence-corrected chi connectivity index (χ2v) is 9.38. The Bertz CT molecular complexity index is 1300. The van der Waals surface area contributed by atoms with Crippen molar-refractivity contribution in [1.29, 1.82) is 0 Å². The van der Waals surface area contributed by atoms with Crippen molar-refractivity contribution >= 4 is 23.9 Å². The molecule has 0 aliphatic heterocycles. The SMILES string of the molecule is CC(CC(=O)O)NC(=O)[C@H](CC(=O)OCc1ccccc1)NC(=O)OCC1c2ccccc2-c2ccccc21. The van der Waals surface area contributed by atoms with Crippen LogP contribution in [0.1, 0.15) is 42.4 Å². The van der Waals surface area contributed by atoms with Crippen molar-refractivity contribution in [2.24, 2.45) is 0 Å². The Kier molecular flexibility index (Phi) is 8.94. The molecule has 0 aromatic heterocycles. The first kappa shape index (κ1) is 27.4. The molecule has 202 valence electrons. The standard InChI is InChI=1S/C30H30N2O7/c1-19(15-27(33)34)31-29(36)26(16-28(35)38-17-20-9-3-2-4-10-20)32-30(37)39-18-25-23-13-7-5-11-21(23)22-12-6-8-14-24(22)25/h2-14,19,25-26H,15-18H2,1H3,(H,31,36)(H,32,37)(H,33,34)/t19?,26-/m0/s1. The Morgan fingerprint density at radius 3 is 2.00 bits per heavy atom. The maximum atomic E-state index is 12.9. The van der Waals surface area contributed by atoms with Crippen LogP contribution in [0.4, 0.5) is 4.79 Å². The summed E-state index contributed by atoms with van der Waals surface area (Å²) >= 11 is 0. The van der Waals surface area contributed by atoms with Crippen LogP contribution in [-0.4, -0.2) is 47.7 Å². The van der Waals surface area contributed by atoms with Gasteiger partial charge in [-0.15, -0.1) is 0 Å². The van der Waals surface area contributed by atoms with Gasteiger partial charge in [0.1, 0.15) is 19.3 Å². The summed E-state index contributed by atoms with van der Waals surface area (Å²) < 4.78 is 10.8. The number of benzene rings is 3. The number of hydrogen-bond donors (Lipinski definition) is 3. The van der Waals surface area contributed by atoms with Gasteiger partial charge < -0.3 is 25.2 Å². The number of nitrogens with one attached hydrogen (secondary N) is 2. The minimum Gasteiger partial charge on any atom is -0.481 e. The summed E-state index contributed by atoms with van der Waals surface area (Å²) in [5.74, 6) is -2.69. The van der Waals surface area contributed by atoms with Crippen LogP contribution in [0, 0.1) is 0 Å². The van der Waals surface area contributed by atoms with E-state index in [-0.39, 0.29) is 25.6 Å². The van der Waals surface area contributed by atoms with Crippen molar-refractivity contribution in [1.82, 2.24) is 10.6 Å². The first-order chi connectivity index (χ1) is 18.8. The maximum Gasteiger partial charge on any atom is 0.407 e. The van der Waals surface area contributed by atoms with Gasteiger partial charge in [0.2, 0.25) is 5.91 Å². The zero-order valence-electron chi connectivity index (χ0n) is 21.5. The van der Waals surface area contributed by atoms with Crippen LogP contribution >= 0.6 is 0 Å². The van der Waals surface area contributed by atoms with Gasteiger partial charge in [-0.05, 0) is 34.7 Å². The largest absolute Gasteiger partial charge is 0.481 e. The number of carboxylic acids is 1. The molecule has 0 saturated carbocycles. The van der Waals surface area contributed by atoms with Gasteiger partial charge in [-0.1, -0.05) is 78.9 Å². The lowest BCUT2D eigenvalue weighted by Gasteiger charge is -2.21. The highest BCUT2D eigenvalue weighted by Gasteiger charge is 2.31. The fraction of sp³-hybridized carbons (Fsp3) is 0.267. The maximum absolute atomic E-state index is 12.9. The van der Waals surface area contributed by atoms with E-state index in [0.29, 0.717) is 0 Å². The second-order valence-electron chi connectivity index (χ2n) is 9.38. The number of rotatable bonds is 11. The molecule has 1 aliphatic rings. The van der Waals surface area contributed by atoms with Gasteiger partial charge in [0.05, 0.1) is 12.8 Å². The lowest BCUT2D eigenvalue weighted by atomic mass is 9.98. The van der Waals surface area contributed by atoms with Crippen molar-refractivity contribution in [3.63, 3.8) is 0 Å². The smallest absolute Gasteiger partial charge is 0.407 e. The molecule has 0 saturated heterocycles. The Morgan fingerprint density at radius 1 is 0.795 bits per heavy atom. The number of alkyl carbamates (subject to hydrolysis) is 1. The minimum atomic E-state index is -1.32. The third-order valence-electron chi connectivity index (χ3n) is 6.44. The highest BCUT2D eigenvalue weighted by Crippen LogP contribution is 2.44. The molecule has 9 heteroatoms. The van der Waals surface area contributed by atoms with Crippen LogP contribution < -0.4 is 10.6 Å². The van der Waals surface area contributed by atoms with Gasteiger partial charge >= 0.3 is 18.0 Å². The average molecular weight is 531 g/mol. The summed E-state index contributed by atoms with van der Waals surface area (Å²) in [4.78, 5) is 49.2. The first-order valence-electron chi connectivity index (χ1n) is 12.6. The molecule has 2 atom stereocenters. The fourth-order valence-electron chi connectivity index (χ4n) is 4.61. The van der Waals surface area contributed by atoms with Crippen LogP contribution in [0.3, 0.4) is 0 Å². The zero-order valence-corrected chi connectivity index (χ0v) is 21.5. The van der Waals surface area contributed by atoms with E-state index in [0.717, 1.165) is 27.8 Å². The molecular weight excluding hydrogens is 500 g/mol. The number of ether oxygens (including phenoxy) is 2. The predicted octanol–water partition coefficient (Wildman–Crippen LogP) is 4.01. The number of carbonyl (C=O) groups excluding carboxylic acids is 3. The molecule has 0 spiro atoms. The van der Waals surface area contributed by atoms with E-state index < -0.39 is 42.4 Å². The van der Waals surface area contributed by atoms with Crippen LogP contribution in [0.15, 0.2) is 78.9 Å². The van der Waals surface area contributed by atoms with Gasteiger partial charge in [-0.25, -0.2) is 4.79 Å². The van der Waals surface area contributed by atoms with Gasteiger partial charge in [-0.3, -0.25) is 14.4 Å². The lowest BCUT2D eigenvalue weighted by Crippen LogP contribution is -2.50. The molecule has 0 fully saturated rings. The number of carbonyl (C=O) groups is 4. The molecule has 9 nitrogen and oxygen atoms in total. The van der Waals surface area contributed by atoms with Gasteiger partial charge in [0.25, 0.3) is 0 Å². The van der Waals surface area contributed by atoms with E-state index in [1.807, 2.05) is 66.7 Å². The van der Waals surface area contributed by atoms with Crippen molar-refractivity contribution in [2.45, 2.75) is 44.4 Å². The molecule has 3 aromatic rings. The number of amides is 2. The van der Waals surface area contributed by atoms with Gasteiger partial charge in [-0.2, -0.15) is 0 Å². The third kappa shape index (κ3) is 7.22. The Balaban J connectivity index is 1.40. The van der Waals surface area contributed by atoms with Crippen molar-refractivity contribution in [2.75, 3.05) is 6.61 Å². The number of hydrogen-bond acceptors (Lipinski definition) is 6. The quantitative estimate of drug-likeness (QED) is 0.319. The van der Waals surface area contributed by atoms with Crippen molar-refractivity contribution < 1.29 is 33.8 Å². The summed E-state index contributed by atoms with van der Waals surface area (Å²) in [6, 6.07) is 22.8. The topological polar surface area (TPSA) is 131 Å². The van der Waals surface area contributed by atoms with E-state index in [1.54, 1.807) is 12.1 Å². The molecule has 2 amide bonds. The monoisotopic (exact) mass is 530 g/mol. The molecule has 1 unspecified atom stereocenters. The molecule has 1 aliphatic carbocycles. The van der Waals surface area contributed by atoms with Crippen LogP contribution in [0.2, 0.25) is 0 Å². The molecule has 0 radical (unpaired) electrons. The molecule has 0 bridgehead atoms. The van der Waals surface area contributed by atoms with E-state index in [4.69, 9.17) is 14.6 Å². The normalized spacial score (nSPS) is 13.4. The molecule has 3 aromatic carbocycles. The summed E-state index contributed by atoms with van der Waals surface area (Å²) in [6.07, 6.45) is -1.65. The summed E-state index contributed by atoms with van der Waals surface area (Å²) in [5, 5.41) is 14.0. The summed E-state index contributed by atoms with van der Waals surface area (Å²) in [7, 11) is 0.